The van der Waals surface area contributed by atoms with E-state index in [1.165, 1.54) is 11.8 Å². The van der Waals surface area contributed by atoms with Crippen LogP contribution in [0, 0.1) is 0 Å². The van der Waals surface area contributed by atoms with E-state index >= 15 is 0 Å². The lowest BCUT2D eigenvalue weighted by Crippen LogP contribution is -1.96. The van der Waals surface area contributed by atoms with Crippen LogP contribution in [-0.2, 0) is 0 Å². The topological polar surface area (TPSA) is 35.5 Å². The zero-order valence-electron chi connectivity index (χ0n) is 12.4. The highest BCUT2D eigenvalue weighted by Crippen LogP contribution is 2.46. The summed E-state index contributed by atoms with van der Waals surface area (Å²) in [6, 6.07) is 9.50. The van der Waals surface area contributed by atoms with E-state index < -0.39 is 0 Å². The van der Waals surface area contributed by atoms with E-state index in [9.17, 15) is 4.79 Å². The van der Waals surface area contributed by atoms with Gasteiger partial charge in [-0.2, -0.15) is 0 Å². The van der Waals surface area contributed by atoms with E-state index in [1.807, 2.05) is 36.4 Å². The number of halogens is 2. The second-order valence-electron chi connectivity index (χ2n) is 4.76. The molecular formula is C17H12Br2O3S. The van der Waals surface area contributed by atoms with Crippen LogP contribution in [0.5, 0.6) is 11.5 Å². The number of benzene rings is 2. The molecule has 1 heterocycles. The fourth-order valence-corrected chi connectivity index (χ4v) is 5.06. The summed E-state index contributed by atoms with van der Waals surface area (Å²) in [5.41, 5.74) is 1.55. The lowest BCUT2D eigenvalue weighted by molar-refractivity contribution is 0.104. The van der Waals surface area contributed by atoms with Gasteiger partial charge in [0.15, 0.2) is 5.75 Å². The summed E-state index contributed by atoms with van der Waals surface area (Å²) in [4.78, 5) is 14.2. The van der Waals surface area contributed by atoms with Gasteiger partial charge in [-0.25, -0.2) is 0 Å². The number of allylic oxidation sites excluding steroid dienone is 1. The molecule has 0 fully saturated rings. The number of methoxy groups -OCH3 is 2. The highest BCUT2D eigenvalue weighted by atomic mass is 79.9. The van der Waals surface area contributed by atoms with Crippen molar-refractivity contribution in [3.8, 4) is 11.5 Å². The molecule has 0 N–H and O–H groups in total. The molecule has 2 aromatic carbocycles. The van der Waals surface area contributed by atoms with Crippen molar-refractivity contribution in [3.05, 3.63) is 55.3 Å². The highest BCUT2D eigenvalue weighted by Gasteiger charge is 2.26. The Bertz CT molecular complexity index is 831. The van der Waals surface area contributed by atoms with Crippen LogP contribution >= 0.6 is 43.6 Å². The van der Waals surface area contributed by atoms with Gasteiger partial charge in [-0.1, -0.05) is 23.9 Å². The molecule has 0 amide bonds. The fraction of sp³-hybridized carbons (Fsp3) is 0.118. The Morgan fingerprint density at radius 1 is 1.09 bits per heavy atom. The van der Waals surface area contributed by atoms with Crippen LogP contribution in [0.2, 0.25) is 0 Å². The summed E-state index contributed by atoms with van der Waals surface area (Å²) in [6.45, 7) is 0. The third-order valence-corrected chi connectivity index (χ3v) is 5.84. The van der Waals surface area contributed by atoms with Crippen molar-refractivity contribution < 1.29 is 14.3 Å². The van der Waals surface area contributed by atoms with E-state index in [0.717, 1.165) is 20.5 Å². The normalized spacial score (nSPS) is 15.0. The minimum atomic E-state index is 0.0377. The highest BCUT2D eigenvalue weighted by molar-refractivity contribution is 9.11. The fourth-order valence-electron chi connectivity index (χ4n) is 2.38. The quantitative estimate of drug-likeness (QED) is 0.567. The molecule has 23 heavy (non-hydrogen) atoms. The van der Waals surface area contributed by atoms with Gasteiger partial charge in [-0.15, -0.1) is 0 Å². The lowest BCUT2D eigenvalue weighted by atomic mass is 10.1. The lowest BCUT2D eigenvalue weighted by Gasteiger charge is -2.13. The van der Waals surface area contributed by atoms with Crippen LogP contribution in [0.15, 0.2) is 49.1 Å². The number of fused-ring (bicyclic) bond motifs is 1. The molecule has 0 saturated heterocycles. The monoisotopic (exact) mass is 454 g/mol. The molecule has 3 nitrogen and oxygen atoms in total. The predicted octanol–water partition coefficient (Wildman–Crippen LogP) is 5.56. The maximum atomic E-state index is 12.5. The molecule has 0 radical (unpaired) electrons. The second kappa shape index (κ2) is 6.71. The number of rotatable bonds is 3. The zero-order valence-corrected chi connectivity index (χ0v) is 16.3. The maximum Gasteiger partial charge on any atom is 0.200 e. The van der Waals surface area contributed by atoms with Gasteiger partial charge in [-0.05, 0) is 56.1 Å². The number of carbonyl (C=O) groups excluding carboxylic acids is 1. The predicted molar refractivity (Wildman–Crippen MR) is 99.6 cm³/mol. The van der Waals surface area contributed by atoms with E-state index in [0.29, 0.717) is 20.9 Å². The molecule has 1 aliphatic rings. The molecule has 0 spiro atoms. The second-order valence-corrected chi connectivity index (χ2v) is 7.50. The first-order valence-electron chi connectivity index (χ1n) is 6.70. The number of hydrogen-bond donors (Lipinski definition) is 0. The number of ether oxygens (including phenoxy) is 2. The first-order valence-corrected chi connectivity index (χ1v) is 9.10. The summed E-state index contributed by atoms with van der Waals surface area (Å²) in [5, 5.41) is 0. The van der Waals surface area contributed by atoms with Crippen LogP contribution in [0.1, 0.15) is 15.9 Å². The molecular weight excluding hydrogens is 444 g/mol. The third-order valence-electron chi connectivity index (χ3n) is 3.43. The van der Waals surface area contributed by atoms with E-state index in [4.69, 9.17) is 9.47 Å². The average Bonchev–Trinajstić information content (AvgIpc) is 2.84. The Hall–Kier alpha value is -1.24. The van der Waals surface area contributed by atoms with Crippen molar-refractivity contribution >= 4 is 55.5 Å². The molecule has 0 bridgehead atoms. The van der Waals surface area contributed by atoms with Gasteiger partial charge in [0.25, 0.3) is 0 Å². The third kappa shape index (κ3) is 2.95. The van der Waals surface area contributed by atoms with Crippen molar-refractivity contribution in [2.24, 2.45) is 0 Å². The minimum absolute atomic E-state index is 0.0377. The molecule has 0 unspecified atom stereocenters. The number of carbonyl (C=O) groups is 1. The van der Waals surface area contributed by atoms with Gasteiger partial charge in [0.2, 0.25) is 5.78 Å². The largest absolute Gasteiger partial charge is 0.495 e. The molecule has 0 atom stereocenters. The summed E-state index contributed by atoms with van der Waals surface area (Å²) in [5.74, 6) is 1.32. The number of Topliss-reactive ketones (excluding diaryl/α,β-unsaturated/α-hetero) is 1. The molecule has 1 aliphatic heterocycles. The Balaban J connectivity index is 2.09. The smallest absolute Gasteiger partial charge is 0.200 e. The Morgan fingerprint density at radius 3 is 2.43 bits per heavy atom. The van der Waals surface area contributed by atoms with Crippen LogP contribution in [0.3, 0.4) is 0 Å². The van der Waals surface area contributed by atoms with Gasteiger partial charge in [0.1, 0.15) is 10.2 Å². The van der Waals surface area contributed by atoms with Gasteiger partial charge in [-0.3, -0.25) is 4.79 Å². The van der Waals surface area contributed by atoms with Gasteiger partial charge in [0.05, 0.1) is 23.6 Å². The SMILES string of the molecule is COc1c(Br)cc(/C=C2\Sc3ccccc3C2=O)c(OC)c1Br. The Kier molecular flexibility index (Phi) is 4.85. The van der Waals surface area contributed by atoms with Crippen LogP contribution in [-0.4, -0.2) is 20.0 Å². The van der Waals surface area contributed by atoms with E-state index in [1.54, 1.807) is 14.2 Å². The van der Waals surface area contributed by atoms with Gasteiger partial charge >= 0.3 is 0 Å². The van der Waals surface area contributed by atoms with Crippen molar-refractivity contribution in [2.45, 2.75) is 4.90 Å². The molecule has 6 heteroatoms. The molecule has 0 saturated carbocycles. The van der Waals surface area contributed by atoms with Gasteiger partial charge < -0.3 is 9.47 Å². The molecule has 2 aromatic rings. The summed E-state index contributed by atoms with van der Waals surface area (Å²) >= 11 is 8.45. The van der Waals surface area contributed by atoms with Crippen molar-refractivity contribution in [1.29, 1.82) is 0 Å². The number of ketones is 1. The molecule has 0 aromatic heterocycles. The van der Waals surface area contributed by atoms with E-state index in [2.05, 4.69) is 31.9 Å². The van der Waals surface area contributed by atoms with Crippen LogP contribution in [0.25, 0.3) is 6.08 Å². The standard InChI is InChI=1S/C17H12Br2O3S/c1-21-16-9(7-11(18)17(22-2)14(16)19)8-13-15(20)10-5-3-4-6-12(10)23-13/h3-8H,1-2H3/b13-8-. The van der Waals surface area contributed by atoms with Crippen LogP contribution < -0.4 is 9.47 Å². The number of thioether (sulfide) groups is 1. The van der Waals surface area contributed by atoms with E-state index in [-0.39, 0.29) is 5.78 Å². The summed E-state index contributed by atoms with van der Waals surface area (Å²) in [7, 11) is 3.18. The summed E-state index contributed by atoms with van der Waals surface area (Å²) in [6.07, 6.45) is 1.85. The van der Waals surface area contributed by atoms with Crippen molar-refractivity contribution in [3.63, 3.8) is 0 Å². The van der Waals surface area contributed by atoms with Crippen molar-refractivity contribution in [1.82, 2.24) is 0 Å². The zero-order chi connectivity index (χ0) is 16.6. The maximum absolute atomic E-state index is 12.5. The van der Waals surface area contributed by atoms with Gasteiger partial charge in [0, 0.05) is 16.0 Å². The average molecular weight is 456 g/mol. The Labute approximate surface area is 155 Å². The minimum Gasteiger partial charge on any atom is -0.495 e. The summed E-state index contributed by atoms with van der Waals surface area (Å²) < 4.78 is 12.3. The molecule has 118 valence electrons. The first kappa shape index (κ1) is 16.6. The number of hydrogen-bond acceptors (Lipinski definition) is 4. The molecule has 0 aliphatic carbocycles. The Morgan fingerprint density at radius 2 is 1.78 bits per heavy atom. The van der Waals surface area contributed by atoms with Crippen LogP contribution in [0.4, 0.5) is 0 Å². The molecule has 3 rings (SSSR count). The van der Waals surface area contributed by atoms with Crippen molar-refractivity contribution in [2.75, 3.05) is 14.2 Å². The first-order chi connectivity index (χ1) is 11.1.